The molecule has 0 bridgehead atoms. The molecule has 0 aliphatic carbocycles. The SMILES string of the molecule is CCc1ccc(NC2CCN(CC(C)(C)O)CC2)cc1. The minimum atomic E-state index is -0.587. The van der Waals surface area contributed by atoms with Crippen LogP contribution in [0, 0.1) is 0 Å². The summed E-state index contributed by atoms with van der Waals surface area (Å²) in [6.45, 7) is 8.84. The third-order valence-corrected chi connectivity index (χ3v) is 3.93. The molecular formula is C17H28N2O. The Balaban J connectivity index is 1.79. The van der Waals surface area contributed by atoms with Gasteiger partial charge in [0.2, 0.25) is 0 Å². The van der Waals surface area contributed by atoms with E-state index in [2.05, 4.69) is 41.4 Å². The van der Waals surface area contributed by atoms with E-state index in [0.29, 0.717) is 6.04 Å². The van der Waals surface area contributed by atoms with Gasteiger partial charge >= 0.3 is 0 Å². The van der Waals surface area contributed by atoms with Gasteiger partial charge in [-0.1, -0.05) is 19.1 Å². The van der Waals surface area contributed by atoms with Crippen molar-refractivity contribution in [1.29, 1.82) is 0 Å². The second-order valence-corrected chi connectivity index (χ2v) is 6.56. The highest BCUT2D eigenvalue weighted by Gasteiger charge is 2.23. The van der Waals surface area contributed by atoms with Gasteiger partial charge in [-0.05, 0) is 50.8 Å². The van der Waals surface area contributed by atoms with Gasteiger partial charge in [0.15, 0.2) is 0 Å². The summed E-state index contributed by atoms with van der Waals surface area (Å²) < 4.78 is 0. The van der Waals surface area contributed by atoms with Crippen molar-refractivity contribution in [2.45, 2.75) is 51.7 Å². The molecule has 1 aromatic rings. The lowest BCUT2D eigenvalue weighted by atomic mass is 10.0. The normalized spacial score (nSPS) is 18.2. The van der Waals surface area contributed by atoms with Gasteiger partial charge in [0.05, 0.1) is 5.60 Å². The molecule has 3 heteroatoms. The molecule has 20 heavy (non-hydrogen) atoms. The lowest BCUT2D eigenvalue weighted by Gasteiger charge is -2.35. The molecular weight excluding hydrogens is 248 g/mol. The molecule has 0 atom stereocenters. The van der Waals surface area contributed by atoms with Gasteiger partial charge in [0.1, 0.15) is 0 Å². The number of piperidine rings is 1. The molecule has 0 unspecified atom stereocenters. The van der Waals surface area contributed by atoms with E-state index < -0.39 is 5.60 Å². The Hall–Kier alpha value is -1.06. The highest BCUT2D eigenvalue weighted by Crippen LogP contribution is 2.18. The number of hydrogen-bond acceptors (Lipinski definition) is 3. The van der Waals surface area contributed by atoms with Crippen LogP contribution >= 0.6 is 0 Å². The van der Waals surface area contributed by atoms with Crippen molar-refractivity contribution in [2.75, 3.05) is 25.0 Å². The molecule has 1 heterocycles. The Morgan fingerprint density at radius 2 is 1.80 bits per heavy atom. The predicted molar refractivity (Wildman–Crippen MR) is 85.2 cm³/mol. The molecule has 0 spiro atoms. The van der Waals surface area contributed by atoms with Gasteiger partial charge < -0.3 is 15.3 Å². The smallest absolute Gasteiger partial charge is 0.0718 e. The van der Waals surface area contributed by atoms with Gasteiger partial charge in [0, 0.05) is 31.4 Å². The molecule has 2 N–H and O–H groups in total. The first-order valence-corrected chi connectivity index (χ1v) is 7.76. The summed E-state index contributed by atoms with van der Waals surface area (Å²) in [7, 11) is 0. The van der Waals surface area contributed by atoms with Gasteiger partial charge in [-0.2, -0.15) is 0 Å². The van der Waals surface area contributed by atoms with Crippen LogP contribution in [-0.2, 0) is 6.42 Å². The van der Waals surface area contributed by atoms with Crippen LogP contribution in [0.1, 0.15) is 39.2 Å². The standard InChI is InChI=1S/C17H28N2O/c1-4-14-5-7-15(8-6-14)18-16-9-11-19(12-10-16)13-17(2,3)20/h5-8,16,18,20H,4,9-13H2,1-3H3. The minimum Gasteiger partial charge on any atom is -0.389 e. The molecule has 3 nitrogen and oxygen atoms in total. The Labute approximate surface area is 123 Å². The number of aryl methyl sites for hydroxylation is 1. The maximum atomic E-state index is 9.86. The fourth-order valence-electron chi connectivity index (χ4n) is 2.86. The molecule has 112 valence electrons. The summed E-state index contributed by atoms with van der Waals surface area (Å²) in [5.41, 5.74) is 2.02. The van der Waals surface area contributed by atoms with E-state index in [1.165, 1.54) is 11.3 Å². The van der Waals surface area contributed by atoms with E-state index in [-0.39, 0.29) is 0 Å². The zero-order valence-corrected chi connectivity index (χ0v) is 13.0. The van der Waals surface area contributed by atoms with E-state index >= 15 is 0 Å². The van der Waals surface area contributed by atoms with Gasteiger partial charge in [0.25, 0.3) is 0 Å². The zero-order valence-electron chi connectivity index (χ0n) is 13.0. The highest BCUT2D eigenvalue weighted by molar-refractivity contribution is 5.45. The van der Waals surface area contributed by atoms with Gasteiger partial charge in [-0.15, -0.1) is 0 Å². The lowest BCUT2D eigenvalue weighted by molar-refractivity contribution is 0.0291. The highest BCUT2D eigenvalue weighted by atomic mass is 16.3. The van der Waals surface area contributed by atoms with Gasteiger partial charge in [-0.25, -0.2) is 0 Å². The molecule has 1 aliphatic heterocycles. The molecule has 0 amide bonds. The van der Waals surface area contributed by atoms with Crippen LogP contribution in [0.2, 0.25) is 0 Å². The molecule has 0 aromatic heterocycles. The van der Waals surface area contributed by atoms with Crippen molar-refractivity contribution in [3.8, 4) is 0 Å². The maximum Gasteiger partial charge on any atom is 0.0718 e. The Kier molecular flexibility index (Phi) is 5.06. The van der Waals surface area contributed by atoms with E-state index in [4.69, 9.17) is 0 Å². The number of benzene rings is 1. The second kappa shape index (κ2) is 6.59. The van der Waals surface area contributed by atoms with E-state index in [1.54, 1.807) is 0 Å². The Morgan fingerprint density at radius 1 is 1.20 bits per heavy atom. The lowest BCUT2D eigenvalue weighted by Crippen LogP contribution is -2.45. The molecule has 0 saturated carbocycles. The summed E-state index contributed by atoms with van der Waals surface area (Å²) in [6, 6.07) is 9.32. The monoisotopic (exact) mass is 276 g/mol. The van der Waals surface area contributed by atoms with Crippen LogP contribution in [0.4, 0.5) is 5.69 Å². The van der Waals surface area contributed by atoms with Crippen molar-refractivity contribution in [3.05, 3.63) is 29.8 Å². The van der Waals surface area contributed by atoms with Gasteiger partial charge in [-0.3, -0.25) is 0 Å². The van der Waals surface area contributed by atoms with Crippen molar-refractivity contribution in [1.82, 2.24) is 4.90 Å². The molecule has 1 aliphatic rings. The summed E-state index contributed by atoms with van der Waals surface area (Å²) in [5, 5.41) is 13.5. The molecule has 2 rings (SSSR count). The van der Waals surface area contributed by atoms with Crippen LogP contribution < -0.4 is 5.32 Å². The predicted octanol–water partition coefficient (Wildman–Crippen LogP) is 2.90. The molecule has 1 aromatic carbocycles. The first-order chi connectivity index (χ1) is 9.46. The number of likely N-dealkylation sites (tertiary alicyclic amines) is 1. The van der Waals surface area contributed by atoms with E-state index in [0.717, 1.165) is 38.9 Å². The molecule has 0 radical (unpaired) electrons. The third kappa shape index (κ3) is 4.80. The van der Waals surface area contributed by atoms with Crippen LogP contribution in [0.25, 0.3) is 0 Å². The number of nitrogens with zero attached hydrogens (tertiary/aromatic N) is 1. The number of β-amino-alcohol motifs (C(OH)–C–C–N with tert-alkyl or cyclic N) is 1. The summed E-state index contributed by atoms with van der Waals surface area (Å²) in [6.07, 6.45) is 3.38. The summed E-state index contributed by atoms with van der Waals surface area (Å²) in [5.74, 6) is 0. The topological polar surface area (TPSA) is 35.5 Å². The van der Waals surface area contributed by atoms with E-state index in [1.807, 2.05) is 13.8 Å². The second-order valence-electron chi connectivity index (χ2n) is 6.56. The Bertz CT molecular complexity index is 400. The average molecular weight is 276 g/mol. The zero-order chi connectivity index (χ0) is 14.6. The fraction of sp³-hybridized carbons (Fsp3) is 0.647. The third-order valence-electron chi connectivity index (χ3n) is 3.93. The van der Waals surface area contributed by atoms with Crippen LogP contribution in [0.3, 0.4) is 0 Å². The Morgan fingerprint density at radius 3 is 2.30 bits per heavy atom. The molecule has 1 fully saturated rings. The largest absolute Gasteiger partial charge is 0.389 e. The number of nitrogens with one attached hydrogen (secondary N) is 1. The van der Waals surface area contributed by atoms with Crippen LogP contribution in [-0.4, -0.2) is 41.3 Å². The van der Waals surface area contributed by atoms with Crippen LogP contribution in [0.15, 0.2) is 24.3 Å². The van der Waals surface area contributed by atoms with Crippen molar-refractivity contribution >= 4 is 5.69 Å². The fourth-order valence-corrected chi connectivity index (χ4v) is 2.86. The molecule has 1 saturated heterocycles. The average Bonchev–Trinajstić information content (AvgIpc) is 2.40. The maximum absolute atomic E-state index is 9.86. The first kappa shape index (κ1) is 15.3. The quantitative estimate of drug-likeness (QED) is 0.868. The number of rotatable bonds is 5. The van der Waals surface area contributed by atoms with Crippen LogP contribution in [0.5, 0.6) is 0 Å². The summed E-state index contributed by atoms with van der Waals surface area (Å²) in [4.78, 5) is 2.36. The number of aliphatic hydroxyl groups is 1. The first-order valence-electron chi connectivity index (χ1n) is 7.76. The van der Waals surface area contributed by atoms with Crippen molar-refractivity contribution < 1.29 is 5.11 Å². The summed E-state index contributed by atoms with van der Waals surface area (Å²) >= 11 is 0. The number of hydrogen-bond donors (Lipinski definition) is 2. The number of anilines is 1. The minimum absolute atomic E-state index is 0.556. The van der Waals surface area contributed by atoms with Crippen molar-refractivity contribution in [2.24, 2.45) is 0 Å². The van der Waals surface area contributed by atoms with Crippen molar-refractivity contribution in [3.63, 3.8) is 0 Å². The van der Waals surface area contributed by atoms with E-state index in [9.17, 15) is 5.11 Å².